The molecule has 0 aromatic carbocycles. The van der Waals surface area contributed by atoms with Gasteiger partial charge in [0.1, 0.15) is 12.1 Å². The van der Waals surface area contributed by atoms with Gasteiger partial charge < -0.3 is 58.4 Å². The normalized spacial score (nSPS) is 12.3. The quantitative estimate of drug-likeness (QED) is 0.0287. The summed E-state index contributed by atoms with van der Waals surface area (Å²) in [5, 5.41) is 40.2. The van der Waals surface area contributed by atoms with Crippen molar-refractivity contribution in [3.05, 3.63) is 11.1 Å². The molecule has 20 nitrogen and oxygen atoms in total. The number of carbonyl (C=O) groups is 8. The fraction of sp³-hybridized carbons (Fsp3) is 0.545. The van der Waals surface area contributed by atoms with Gasteiger partial charge in [-0.2, -0.15) is 9.58 Å². The van der Waals surface area contributed by atoms with Gasteiger partial charge in [-0.25, -0.2) is 4.79 Å². The van der Waals surface area contributed by atoms with Crippen LogP contribution in [0.4, 0.5) is 0 Å². The van der Waals surface area contributed by atoms with E-state index < -0.39 is 77.8 Å². The molecule has 1 unspecified atom stereocenters. The number of aliphatic carboxylic acids is 4. The average molecular weight is 623 g/mol. The van der Waals surface area contributed by atoms with Crippen molar-refractivity contribution in [1.82, 2.24) is 10.6 Å². The van der Waals surface area contributed by atoms with Crippen molar-refractivity contribution in [2.75, 3.05) is 0 Å². The molecule has 0 aliphatic carbocycles. The van der Waals surface area contributed by atoms with Gasteiger partial charge in [-0.3, -0.25) is 28.8 Å². The van der Waals surface area contributed by atoms with Crippen LogP contribution >= 0.6 is 0 Å². The molecular formula is C22H31N8NaO12. The third kappa shape index (κ3) is 23.1. The number of carboxylic acid groups (broad SMARTS) is 4. The number of nitrogens with zero attached hydrogens (tertiary/aromatic N) is 4. The van der Waals surface area contributed by atoms with Gasteiger partial charge in [-0.05, 0) is 25.7 Å². The summed E-state index contributed by atoms with van der Waals surface area (Å²) in [6.45, 7) is 0. The van der Waals surface area contributed by atoms with Crippen LogP contribution < -0.4 is 56.8 Å². The first kappa shape index (κ1) is 43.3. The van der Waals surface area contributed by atoms with Crippen molar-refractivity contribution in [1.29, 1.82) is 0 Å². The van der Waals surface area contributed by atoms with Gasteiger partial charge in [0.15, 0.2) is 0 Å². The molecule has 43 heavy (non-hydrogen) atoms. The second kappa shape index (κ2) is 24.4. The smallest absolute Gasteiger partial charge is 0.548 e. The van der Waals surface area contributed by atoms with Gasteiger partial charge in [-0.15, -0.1) is 0 Å². The van der Waals surface area contributed by atoms with Gasteiger partial charge in [0.05, 0.1) is 12.0 Å². The van der Waals surface area contributed by atoms with Crippen LogP contribution in [0.2, 0.25) is 0 Å². The largest absolute Gasteiger partial charge is 1.00 e. The third-order valence-electron chi connectivity index (χ3n) is 4.99. The van der Waals surface area contributed by atoms with Crippen LogP contribution in [0.5, 0.6) is 0 Å². The van der Waals surface area contributed by atoms with E-state index in [0.717, 1.165) is 0 Å². The van der Waals surface area contributed by atoms with E-state index >= 15 is 0 Å². The summed E-state index contributed by atoms with van der Waals surface area (Å²) >= 11 is 0. The first-order valence-electron chi connectivity index (χ1n) is 11.9. The van der Waals surface area contributed by atoms with Crippen LogP contribution in [-0.4, -0.2) is 109 Å². The molecule has 4 atom stereocenters. The Labute approximate surface area is 265 Å². The molecule has 232 valence electrons. The van der Waals surface area contributed by atoms with Crippen LogP contribution in [0.15, 0.2) is 0 Å². The monoisotopic (exact) mass is 622 g/mol. The van der Waals surface area contributed by atoms with E-state index in [2.05, 4.69) is 20.2 Å². The van der Waals surface area contributed by atoms with Crippen molar-refractivity contribution in [2.24, 2.45) is 11.5 Å². The van der Waals surface area contributed by atoms with Crippen molar-refractivity contribution in [3.63, 3.8) is 0 Å². The van der Waals surface area contributed by atoms with Crippen LogP contribution in [-0.2, 0) is 38.4 Å². The first-order chi connectivity index (χ1) is 19.5. The fourth-order valence-corrected chi connectivity index (χ4v) is 2.72. The number of carboxylic acids is 4. The maximum Gasteiger partial charge on any atom is 1.00 e. The summed E-state index contributed by atoms with van der Waals surface area (Å²) in [4.78, 5) is 94.4. The van der Waals surface area contributed by atoms with Crippen molar-refractivity contribution in [2.45, 2.75) is 75.5 Å². The minimum absolute atomic E-state index is 0. The number of ketones is 2. The first-order valence-corrected chi connectivity index (χ1v) is 11.9. The Balaban J connectivity index is -0.00000124. The number of hydrogen-bond acceptors (Lipinski definition) is 11. The number of Topliss-reactive ketones (excluding diaryl/α,β-unsaturated/α-hetero) is 2. The van der Waals surface area contributed by atoms with Gasteiger partial charge >= 0.3 is 59.9 Å². The van der Waals surface area contributed by atoms with Gasteiger partial charge in [0.25, 0.3) is 0 Å². The second-order valence-electron chi connectivity index (χ2n) is 8.36. The topological polar surface area (TPSA) is 369 Å². The summed E-state index contributed by atoms with van der Waals surface area (Å²) in [5.41, 5.74) is 27.2. The minimum Gasteiger partial charge on any atom is -0.548 e. The summed E-state index contributed by atoms with van der Waals surface area (Å²) < 4.78 is 0. The van der Waals surface area contributed by atoms with Crippen LogP contribution in [0.25, 0.3) is 11.1 Å². The molecule has 9 N–H and O–H groups in total. The molecule has 0 saturated heterocycles. The summed E-state index contributed by atoms with van der Waals surface area (Å²) in [6, 6.07) is -5.45. The molecule has 21 heteroatoms. The number of hydrogen-bond donors (Lipinski definition) is 7. The maximum atomic E-state index is 12.6. The Morgan fingerprint density at radius 3 is 1.44 bits per heavy atom. The zero-order chi connectivity index (χ0) is 32.8. The van der Waals surface area contributed by atoms with Crippen LogP contribution in [0.1, 0.15) is 51.4 Å². The molecule has 2 amide bonds. The van der Waals surface area contributed by atoms with Crippen molar-refractivity contribution < 1.29 is 97.9 Å². The molecule has 0 aromatic heterocycles. The van der Waals surface area contributed by atoms with Gasteiger partial charge in [-0.1, -0.05) is 0 Å². The fourth-order valence-electron chi connectivity index (χ4n) is 2.72. The Morgan fingerprint density at radius 1 is 0.674 bits per heavy atom. The number of amides is 2. The van der Waals surface area contributed by atoms with E-state index in [1.165, 1.54) is 0 Å². The third-order valence-corrected chi connectivity index (χ3v) is 4.99. The number of carbonyl (C=O) groups excluding carboxylic acids is 5. The zero-order valence-electron chi connectivity index (χ0n) is 23.1. The van der Waals surface area contributed by atoms with E-state index in [0.29, 0.717) is 12.4 Å². The Kier molecular flexibility index (Phi) is 24.6. The van der Waals surface area contributed by atoms with Gasteiger partial charge in [0.2, 0.25) is 23.4 Å². The van der Waals surface area contributed by atoms with E-state index in [1.807, 2.05) is 0 Å². The maximum absolute atomic E-state index is 12.6. The molecule has 0 aliphatic heterocycles. The van der Waals surface area contributed by atoms with Crippen LogP contribution in [0, 0.1) is 0 Å². The van der Waals surface area contributed by atoms with E-state index in [-0.39, 0.29) is 74.5 Å². The predicted octanol–water partition coefficient (Wildman–Crippen LogP) is -7.54. The van der Waals surface area contributed by atoms with E-state index in [1.54, 1.807) is 0 Å². The Morgan fingerprint density at radius 2 is 1.07 bits per heavy atom. The molecule has 0 bridgehead atoms. The van der Waals surface area contributed by atoms with Crippen LogP contribution in [0.3, 0.4) is 0 Å². The summed E-state index contributed by atoms with van der Waals surface area (Å²) in [7, 11) is 0. The molecule has 0 heterocycles. The number of nitrogens with two attached hydrogens (primary N) is 2. The molecule has 0 spiro atoms. The summed E-state index contributed by atoms with van der Waals surface area (Å²) in [6.07, 6.45) is -1.26. The minimum atomic E-state index is -1.55. The Bertz CT molecular complexity index is 1120. The van der Waals surface area contributed by atoms with Crippen molar-refractivity contribution in [3.8, 4) is 0 Å². The van der Waals surface area contributed by atoms with Gasteiger partial charge in [0, 0.05) is 31.7 Å². The Hall–Kier alpha value is -4.16. The molecule has 0 rings (SSSR count). The molecule has 0 radical (unpaired) electrons. The average Bonchev–Trinajstić information content (AvgIpc) is 2.90. The standard InChI is InChI=1S/C17H23N7O8.C5H9NO4.Na/c18-11(3-6-14(27)28)15(29)23-12(4-1-9(25)7-21-19)16(30)24-13(17(31)32)5-2-10(26)8-22-20;6-3(5(9)10)1-2-4(7)8;/h7-8,11-13H,1-6,18H2,(H,23,29)(H,24,30)(H,27,28)(H,31,32);3H,1-2,6H2,(H,7,8)(H,9,10);/q;;+1/p-1/t11-,12-,13-;;/m0../s1. The molecule has 0 saturated carbocycles. The second-order valence-corrected chi connectivity index (χ2v) is 8.36. The van der Waals surface area contributed by atoms with E-state index in [4.69, 9.17) is 32.7 Å². The molecule has 0 aromatic rings. The number of rotatable bonds is 20. The van der Waals surface area contributed by atoms with E-state index in [9.17, 15) is 48.6 Å². The van der Waals surface area contributed by atoms with Crippen molar-refractivity contribution >= 4 is 59.7 Å². The SMILES string of the molecule is NC(CCC(=O)O)C(=O)[O-].[N-]=[N+]=CC(=O)CC[C@H](NC(=O)[C@H](CCC(=O)C=[N+]=[N-])NC(=O)[C@@H](N)CCC(=O)O)C(=O)O.[Na+]. The zero-order valence-corrected chi connectivity index (χ0v) is 25.1. The predicted molar refractivity (Wildman–Crippen MR) is 134 cm³/mol. The summed E-state index contributed by atoms with van der Waals surface area (Å²) in [5.74, 6) is -8.46. The molecule has 0 fully saturated rings. The molecular weight excluding hydrogens is 591 g/mol. The molecule has 0 aliphatic rings. The number of nitrogens with one attached hydrogen (secondary N) is 2.